The van der Waals surface area contributed by atoms with Gasteiger partial charge >= 0.3 is 5.69 Å². The van der Waals surface area contributed by atoms with Crippen LogP contribution in [0.2, 0.25) is 0 Å². The zero-order valence-electron chi connectivity index (χ0n) is 17.5. The molecule has 0 saturated carbocycles. The van der Waals surface area contributed by atoms with Gasteiger partial charge in [-0.3, -0.25) is 14.2 Å². The Bertz CT molecular complexity index is 1390. The summed E-state index contributed by atoms with van der Waals surface area (Å²) >= 11 is 1.42. The number of piperidine rings is 1. The molecule has 1 aliphatic rings. The number of para-hydroxylation sites is 1. The van der Waals surface area contributed by atoms with Crippen LogP contribution in [0.15, 0.2) is 57.4 Å². The highest BCUT2D eigenvalue weighted by atomic mass is 32.1. The Morgan fingerprint density at radius 3 is 2.62 bits per heavy atom. The lowest BCUT2D eigenvalue weighted by Crippen LogP contribution is -2.43. The Hall–Kier alpha value is -3.53. The topological polar surface area (TPSA) is 95.0 Å². The maximum Gasteiger partial charge on any atom is 0.369 e. The first-order valence-electron chi connectivity index (χ1n) is 10.5. The number of likely N-dealkylation sites (tertiary alicyclic amines) is 1. The summed E-state index contributed by atoms with van der Waals surface area (Å²) in [5.74, 6) is -0.103. The highest BCUT2D eigenvalue weighted by Gasteiger charge is 2.27. The number of amides is 1. The molecule has 1 aliphatic heterocycles. The Labute approximate surface area is 187 Å². The third-order valence-electron chi connectivity index (χ3n) is 6.00. The summed E-state index contributed by atoms with van der Waals surface area (Å²) in [4.78, 5) is 40.0. The first kappa shape index (κ1) is 20.4. The predicted octanol–water partition coefficient (Wildman–Crippen LogP) is 1.98. The molecule has 1 aromatic carbocycles. The van der Waals surface area contributed by atoms with Gasteiger partial charge in [0, 0.05) is 24.5 Å². The highest BCUT2D eigenvalue weighted by Crippen LogP contribution is 2.22. The van der Waals surface area contributed by atoms with Crippen molar-refractivity contribution in [3.63, 3.8) is 0 Å². The number of carbonyl (C=O) groups is 1. The number of pyridine rings is 1. The summed E-state index contributed by atoms with van der Waals surface area (Å²) < 4.78 is 4.25. The first-order valence-corrected chi connectivity index (χ1v) is 11.4. The number of fused-ring (bicyclic) bond motifs is 1. The number of carbonyl (C=O) groups excluding carboxylic acids is 1. The molecular weight excluding hydrogens is 428 g/mol. The Kier molecular flexibility index (Phi) is 5.22. The van der Waals surface area contributed by atoms with Crippen molar-refractivity contribution >= 4 is 28.1 Å². The van der Waals surface area contributed by atoms with Gasteiger partial charge < -0.3 is 4.90 Å². The molecule has 1 saturated heterocycles. The molecule has 0 spiro atoms. The second-order valence-corrected chi connectivity index (χ2v) is 8.88. The molecule has 5 rings (SSSR count). The predicted molar refractivity (Wildman–Crippen MR) is 121 cm³/mol. The van der Waals surface area contributed by atoms with Crippen LogP contribution in [-0.2, 0) is 11.3 Å². The maximum absolute atomic E-state index is 13.0. The number of rotatable bonds is 4. The van der Waals surface area contributed by atoms with Crippen LogP contribution in [0.25, 0.3) is 15.9 Å². The number of hydrogen-bond donors (Lipinski definition) is 0. The van der Waals surface area contributed by atoms with E-state index in [1.54, 1.807) is 11.0 Å². The van der Waals surface area contributed by atoms with Gasteiger partial charge in [0.05, 0.1) is 11.6 Å². The molecule has 0 aliphatic carbocycles. The average Bonchev–Trinajstić information content (AvgIpc) is 3.46. The largest absolute Gasteiger partial charge is 0.369 e. The molecular formula is C22H22N6O3S. The fourth-order valence-electron chi connectivity index (χ4n) is 4.27. The van der Waals surface area contributed by atoms with Crippen LogP contribution in [0.5, 0.6) is 0 Å². The van der Waals surface area contributed by atoms with Crippen molar-refractivity contribution in [2.75, 3.05) is 13.1 Å². The molecule has 4 aromatic rings. The van der Waals surface area contributed by atoms with E-state index in [-0.39, 0.29) is 29.7 Å². The zero-order valence-corrected chi connectivity index (χ0v) is 18.4. The molecule has 0 N–H and O–H groups in total. The minimum absolute atomic E-state index is 0.00119. The smallest absolute Gasteiger partial charge is 0.341 e. The van der Waals surface area contributed by atoms with E-state index in [1.807, 2.05) is 48.7 Å². The normalized spacial score (nSPS) is 14.8. The van der Waals surface area contributed by atoms with E-state index in [0.29, 0.717) is 25.9 Å². The van der Waals surface area contributed by atoms with Gasteiger partial charge in [0.15, 0.2) is 0 Å². The van der Waals surface area contributed by atoms with Gasteiger partial charge in [0.2, 0.25) is 5.91 Å². The van der Waals surface area contributed by atoms with Crippen molar-refractivity contribution in [3.05, 3.63) is 74.2 Å². The van der Waals surface area contributed by atoms with E-state index in [1.165, 1.54) is 25.3 Å². The molecule has 1 amide bonds. The van der Waals surface area contributed by atoms with Crippen LogP contribution in [0.4, 0.5) is 0 Å². The van der Waals surface area contributed by atoms with Crippen molar-refractivity contribution in [2.24, 2.45) is 0 Å². The quantitative estimate of drug-likeness (QED) is 0.474. The molecule has 3 aromatic heterocycles. The number of aryl methyl sites for hydroxylation is 1. The number of aromatic nitrogens is 5. The second kappa shape index (κ2) is 8.19. The number of thiophene rings is 1. The van der Waals surface area contributed by atoms with Crippen LogP contribution < -0.4 is 11.2 Å². The number of tetrazole rings is 1. The van der Waals surface area contributed by atoms with Gasteiger partial charge in [0.25, 0.3) is 5.56 Å². The third kappa shape index (κ3) is 3.56. The Morgan fingerprint density at radius 1 is 1.09 bits per heavy atom. The summed E-state index contributed by atoms with van der Waals surface area (Å²) in [6.45, 7) is 2.90. The lowest BCUT2D eigenvalue weighted by molar-refractivity contribution is -0.133. The molecule has 1 fully saturated rings. The molecule has 0 atom stereocenters. The highest BCUT2D eigenvalue weighted by molar-refractivity contribution is 7.12. The lowest BCUT2D eigenvalue weighted by atomic mass is 10.1. The number of hydrogen-bond acceptors (Lipinski definition) is 6. The van der Waals surface area contributed by atoms with Crippen molar-refractivity contribution in [3.8, 4) is 5.00 Å². The molecule has 0 unspecified atom stereocenters. The van der Waals surface area contributed by atoms with Crippen molar-refractivity contribution in [1.82, 2.24) is 29.3 Å². The molecule has 0 radical (unpaired) electrons. The van der Waals surface area contributed by atoms with E-state index >= 15 is 0 Å². The van der Waals surface area contributed by atoms with Crippen LogP contribution in [-0.4, -0.2) is 48.3 Å². The van der Waals surface area contributed by atoms with Crippen molar-refractivity contribution in [1.29, 1.82) is 0 Å². The van der Waals surface area contributed by atoms with Crippen LogP contribution in [0.1, 0.15) is 24.4 Å². The van der Waals surface area contributed by atoms with Crippen LogP contribution >= 0.6 is 11.3 Å². The summed E-state index contributed by atoms with van der Waals surface area (Å²) in [6.07, 6.45) is 1.22. The fourth-order valence-corrected chi connectivity index (χ4v) is 4.94. The molecule has 10 heteroatoms. The Morgan fingerprint density at radius 2 is 1.88 bits per heavy atom. The molecule has 9 nitrogen and oxygen atoms in total. The minimum Gasteiger partial charge on any atom is -0.341 e. The van der Waals surface area contributed by atoms with E-state index in [2.05, 4.69) is 10.4 Å². The monoisotopic (exact) mass is 450 g/mol. The Balaban J connectivity index is 1.30. The second-order valence-electron chi connectivity index (χ2n) is 7.95. The maximum atomic E-state index is 13.0. The fraction of sp³-hybridized carbons (Fsp3) is 0.318. The summed E-state index contributed by atoms with van der Waals surface area (Å²) in [5.41, 5.74) is 1.21. The summed E-state index contributed by atoms with van der Waals surface area (Å²) in [5, 5.41) is 11.6. The van der Waals surface area contributed by atoms with Crippen molar-refractivity contribution < 1.29 is 4.79 Å². The van der Waals surface area contributed by atoms with E-state index in [9.17, 15) is 14.4 Å². The van der Waals surface area contributed by atoms with Crippen LogP contribution in [0, 0.1) is 6.92 Å². The van der Waals surface area contributed by atoms with Crippen molar-refractivity contribution in [2.45, 2.75) is 32.4 Å². The summed E-state index contributed by atoms with van der Waals surface area (Å²) in [6, 6.07) is 12.8. The van der Waals surface area contributed by atoms with E-state index in [4.69, 9.17) is 0 Å². The molecule has 0 bridgehead atoms. The minimum atomic E-state index is -0.269. The zero-order chi connectivity index (χ0) is 22.2. The number of nitrogens with zero attached hydrogens (tertiary/aromatic N) is 6. The van der Waals surface area contributed by atoms with E-state index in [0.717, 1.165) is 21.5 Å². The SMILES string of the molecule is Cc1cc(=O)n(CC(=O)N2CCC(n3nnn(-c4cccs4)c3=O)CC2)c2ccccc12. The van der Waals surface area contributed by atoms with Gasteiger partial charge in [0.1, 0.15) is 11.5 Å². The molecule has 164 valence electrons. The third-order valence-corrected chi connectivity index (χ3v) is 6.84. The molecule has 4 heterocycles. The summed E-state index contributed by atoms with van der Waals surface area (Å²) in [7, 11) is 0. The van der Waals surface area contributed by atoms with Crippen LogP contribution in [0.3, 0.4) is 0 Å². The van der Waals surface area contributed by atoms with Gasteiger partial charge in [-0.15, -0.1) is 11.3 Å². The first-order chi connectivity index (χ1) is 15.5. The lowest BCUT2D eigenvalue weighted by Gasteiger charge is -2.31. The number of benzene rings is 1. The standard InChI is InChI=1S/C22H22N6O3S/c1-15-13-19(29)26(18-6-3-2-5-17(15)18)14-20(30)25-10-8-16(9-11-25)27-22(31)28(24-23-27)21-7-4-12-32-21/h2-7,12-13,16H,8-11,14H2,1H3. The van der Waals surface area contributed by atoms with Gasteiger partial charge in [-0.25, -0.2) is 4.79 Å². The molecule has 32 heavy (non-hydrogen) atoms. The average molecular weight is 451 g/mol. The van der Waals surface area contributed by atoms with Gasteiger partial charge in [-0.2, -0.15) is 9.36 Å². The van der Waals surface area contributed by atoms with E-state index < -0.39 is 0 Å². The van der Waals surface area contributed by atoms with Gasteiger partial charge in [-0.05, 0) is 59.3 Å². The van der Waals surface area contributed by atoms with Gasteiger partial charge in [-0.1, -0.05) is 18.2 Å².